The zero-order valence-corrected chi connectivity index (χ0v) is 9.28. The monoisotopic (exact) mass is 249 g/mol. The number of carbonyl (C=O) groups is 2. The molecule has 1 aliphatic rings. The Morgan fingerprint density at radius 1 is 1.41 bits per heavy atom. The van der Waals surface area contributed by atoms with E-state index in [9.17, 15) is 9.59 Å². The van der Waals surface area contributed by atoms with Crippen LogP contribution in [-0.4, -0.2) is 17.1 Å². The molecule has 2 N–H and O–H groups in total. The molecule has 0 unspecified atom stereocenters. The van der Waals surface area contributed by atoms with Crippen LogP contribution in [0, 0.1) is 0 Å². The van der Waals surface area contributed by atoms with Crippen molar-refractivity contribution >= 4 is 23.3 Å². The summed E-state index contributed by atoms with van der Waals surface area (Å²) in [6.45, 7) is 0. The van der Waals surface area contributed by atoms with Crippen LogP contribution in [0.4, 0.5) is 4.79 Å². The summed E-state index contributed by atoms with van der Waals surface area (Å²) in [6.07, 6.45) is 0. The van der Waals surface area contributed by atoms with E-state index in [1.54, 1.807) is 6.07 Å². The van der Waals surface area contributed by atoms with Gasteiger partial charge >= 0.3 is 6.03 Å². The largest absolute Gasteiger partial charge is 0.358 e. The number of imide groups is 1. The van der Waals surface area contributed by atoms with Crippen molar-refractivity contribution in [3.63, 3.8) is 0 Å². The smallest absolute Gasteiger partial charge is 0.322 e. The van der Waals surface area contributed by atoms with Crippen molar-refractivity contribution in [1.82, 2.24) is 15.8 Å². The molecule has 0 aliphatic carbocycles. The molecule has 3 rings (SSSR count). The Kier molecular flexibility index (Phi) is 2.19. The lowest BCUT2D eigenvalue weighted by Crippen LogP contribution is -2.22. The lowest BCUT2D eigenvalue weighted by molar-refractivity contribution is -0.120. The van der Waals surface area contributed by atoms with Crippen LogP contribution in [0.2, 0.25) is 0 Å². The Hall–Kier alpha value is -2.15. The fraction of sp³-hybridized carbons (Fsp3) is 0.100. The summed E-state index contributed by atoms with van der Waals surface area (Å²) in [5, 5.41) is 10.4. The first-order valence-corrected chi connectivity index (χ1v) is 5.74. The van der Waals surface area contributed by atoms with E-state index >= 15 is 0 Å². The number of nitrogens with one attached hydrogen (secondary N) is 2. The van der Waals surface area contributed by atoms with E-state index in [1.165, 1.54) is 11.3 Å². The SMILES string of the molecule is O=C1NC(=O)[C@H](c2cc(-c3cccs3)no2)N1. The average molecular weight is 249 g/mol. The fourth-order valence-corrected chi connectivity index (χ4v) is 2.26. The zero-order chi connectivity index (χ0) is 11.8. The number of nitrogens with zero attached hydrogens (tertiary/aromatic N) is 1. The molecule has 3 heterocycles. The molecule has 0 saturated carbocycles. The standard InChI is InChI=1S/C10H7N3O3S/c14-9-8(11-10(15)12-9)6-4-5(13-16-6)7-2-1-3-17-7/h1-4,8H,(H2,11,12,14,15)/t8-/m0/s1. The molecular formula is C10H7N3O3S. The summed E-state index contributed by atoms with van der Waals surface area (Å²) in [5.74, 6) is -0.0966. The third kappa shape index (κ3) is 1.70. The molecule has 7 heteroatoms. The van der Waals surface area contributed by atoms with Crippen molar-refractivity contribution in [3.05, 3.63) is 29.3 Å². The minimum Gasteiger partial charge on any atom is -0.358 e. The van der Waals surface area contributed by atoms with Gasteiger partial charge in [0.1, 0.15) is 5.69 Å². The number of amides is 3. The average Bonchev–Trinajstić information content (AvgIpc) is 2.97. The number of hydrogen-bond acceptors (Lipinski definition) is 5. The molecule has 0 spiro atoms. The molecule has 17 heavy (non-hydrogen) atoms. The maximum atomic E-state index is 11.4. The summed E-state index contributed by atoms with van der Waals surface area (Å²) >= 11 is 1.52. The van der Waals surface area contributed by atoms with Gasteiger partial charge in [-0.3, -0.25) is 10.1 Å². The molecule has 1 atom stereocenters. The van der Waals surface area contributed by atoms with Crippen molar-refractivity contribution in [1.29, 1.82) is 0 Å². The number of rotatable bonds is 2. The van der Waals surface area contributed by atoms with Crippen LogP contribution in [0.5, 0.6) is 0 Å². The fourth-order valence-electron chi connectivity index (χ4n) is 1.58. The second-order valence-corrected chi connectivity index (χ2v) is 4.44. The van der Waals surface area contributed by atoms with Crippen molar-refractivity contribution < 1.29 is 14.1 Å². The molecule has 0 radical (unpaired) electrons. The second-order valence-electron chi connectivity index (χ2n) is 3.49. The number of hydrogen-bond donors (Lipinski definition) is 2. The van der Waals surface area contributed by atoms with Gasteiger partial charge < -0.3 is 9.84 Å². The molecule has 3 amide bonds. The first-order chi connectivity index (χ1) is 8.24. The van der Waals surface area contributed by atoms with Gasteiger partial charge in [-0.1, -0.05) is 11.2 Å². The number of aromatic nitrogens is 1. The molecule has 1 fully saturated rings. The Bertz CT molecular complexity index is 575. The van der Waals surface area contributed by atoms with Crippen molar-refractivity contribution in [2.24, 2.45) is 0 Å². The quantitative estimate of drug-likeness (QED) is 0.785. The van der Waals surface area contributed by atoms with Gasteiger partial charge in [0.2, 0.25) is 0 Å². The van der Waals surface area contributed by atoms with Gasteiger partial charge in [0, 0.05) is 6.07 Å². The Balaban J connectivity index is 1.91. The van der Waals surface area contributed by atoms with Gasteiger partial charge in [-0.15, -0.1) is 11.3 Å². The Labute approximate surface area is 99.6 Å². The maximum absolute atomic E-state index is 11.4. The van der Waals surface area contributed by atoms with Gasteiger partial charge in [-0.05, 0) is 11.4 Å². The predicted molar refractivity (Wildman–Crippen MR) is 59.2 cm³/mol. The van der Waals surface area contributed by atoms with Gasteiger partial charge in [0.25, 0.3) is 5.91 Å². The van der Waals surface area contributed by atoms with Gasteiger partial charge in [-0.2, -0.15) is 0 Å². The van der Waals surface area contributed by atoms with Crippen LogP contribution in [-0.2, 0) is 4.79 Å². The Morgan fingerprint density at radius 2 is 2.29 bits per heavy atom. The van der Waals surface area contributed by atoms with Crippen LogP contribution in [0.15, 0.2) is 28.1 Å². The maximum Gasteiger partial charge on any atom is 0.322 e. The molecule has 1 saturated heterocycles. The lowest BCUT2D eigenvalue weighted by atomic mass is 10.2. The van der Waals surface area contributed by atoms with Crippen molar-refractivity contribution in [2.45, 2.75) is 6.04 Å². The highest BCUT2D eigenvalue weighted by molar-refractivity contribution is 7.13. The number of thiophene rings is 1. The summed E-state index contributed by atoms with van der Waals surface area (Å²) in [7, 11) is 0. The molecule has 1 aliphatic heterocycles. The van der Waals surface area contributed by atoms with Crippen LogP contribution < -0.4 is 10.6 Å². The molecule has 0 bridgehead atoms. The van der Waals surface area contributed by atoms with E-state index in [0.29, 0.717) is 11.5 Å². The topological polar surface area (TPSA) is 84.2 Å². The van der Waals surface area contributed by atoms with Crippen LogP contribution in [0.1, 0.15) is 11.8 Å². The number of carbonyl (C=O) groups excluding carboxylic acids is 2. The van der Waals surface area contributed by atoms with E-state index in [-0.39, 0.29) is 0 Å². The van der Waals surface area contributed by atoms with Crippen LogP contribution >= 0.6 is 11.3 Å². The zero-order valence-electron chi connectivity index (χ0n) is 8.47. The highest BCUT2D eigenvalue weighted by Crippen LogP contribution is 2.27. The summed E-state index contributed by atoms with van der Waals surface area (Å²) < 4.78 is 5.07. The van der Waals surface area contributed by atoms with Gasteiger partial charge in [-0.25, -0.2) is 4.79 Å². The third-order valence-corrected chi connectivity index (χ3v) is 3.25. The molecule has 6 nitrogen and oxygen atoms in total. The van der Waals surface area contributed by atoms with Crippen molar-refractivity contribution in [2.75, 3.05) is 0 Å². The van der Waals surface area contributed by atoms with E-state index < -0.39 is 18.0 Å². The van der Waals surface area contributed by atoms with E-state index in [4.69, 9.17) is 4.52 Å². The van der Waals surface area contributed by atoms with Gasteiger partial charge in [0.05, 0.1) is 4.88 Å². The molecule has 2 aromatic heterocycles. The summed E-state index contributed by atoms with van der Waals surface area (Å²) in [4.78, 5) is 23.3. The van der Waals surface area contributed by atoms with E-state index in [0.717, 1.165) is 4.88 Å². The molecule has 2 aromatic rings. The first kappa shape index (κ1) is 10.0. The van der Waals surface area contributed by atoms with Crippen LogP contribution in [0.3, 0.4) is 0 Å². The Morgan fingerprint density at radius 3 is 2.94 bits per heavy atom. The minimum absolute atomic E-state index is 0.330. The van der Waals surface area contributed by atoms with Gasteiger partial charge in [0.15, 0.2) is 11.8 Å². The predicted octanol–water partition coefficient (Wildman–Crippen LogP) is 1.28. The molecule has 0 aromatic carbocycles. The molecule has 86 valence electrons. The highest BCUT2D eigenvalue weighted by Gasteiger charge is 2.34. The van der Waals surface area contributed by atoms with Crippen molar-refractivity contribution in [3.8, 4) is 10.6 Å². The third-order valence-electron chi connectivity index (χ3n) is 2.36. The highest BCUT2D eigenvalue weighted by atomic mass is 32.1. The normalized spacial score (nSPS) is 19.2. The lowest BCUT2D eigenvalue weighted by Gasteiger charge is -1.99. The number of urea groups is 1. The summed E-state index contributed by atoms with van der Waals surface area (Å²) in [5.41, 5.74) is 0.656. The van der Waals surface area contributed by atoms with E-state index in [2.05, 4.69) is 15.8 Å². The summed E-state index contributed by atoms with van der Waals surface area (Å²) in [6, 6.07) is 4.15. The first-order valence-electron chi connectivity index (χ1n) is 4.86. The second kappa shape index (κ2) is 3.70. The minimum atomic E-state index is -0.788. The van der Waals surface area contributed by atoms with Crippen LogP contribution in [0.25, 0.3) is 10.6 Å². The molecular weight excluding hydrogens is 242 g/mol. The van der Waals surface area contributed by atoms with E-state index in [1.807, 2.05) is 17.5 Å².